The highest BCUT2D eigenvalue weighted by atomic mass is 14.9. The van der Waals surface area contributed by atoms with E-state index in [4.69, 9.17) is 0 Å². The lowest BCUT2D eigenvalue weighted by molar-refractivity contribution is 0.874. The summed E-state index contributed by atoms with van der Waals surface area (Å²) in [7, 11) is 0. The van der Waals surface area contributed by atoms with Gasteiger partial charge in [0.2, 0.25) is 0 Å². The SMILES string of the molecule is Cc1ccccc1[C@@H](C)Nc1ccccc1. The lowest BCUT2D eigenvalue weighted by atomic mass is 10.0. The third kappa shape index (κ3) is 2.43. The number of anilines is 1. The van der Waals surface area contributed by atoms with E-state index in [0.717, 1.165) is 0 Å². The Kier molecular flexibility index (Phi) is 3.25. The molecule has 1 nitrogen and oxygen atoms in total. The van der Waals surface area contributed by atoms with Crippen molar-refractivity contribution in [3.63, 3.8) is 0 Å². The fraction of sp³-hybridized carbons (Fsp3) is 0.200. The van der Waals surface area contributed by atoms with Gasteiger partial charge in [-0.05, 0) is 37.1 Å². The number of rotatable bonds is 3. The molecule has 1 N–H and O–H groups in total. The molecule has 0 unspecified atom stereocenters. The minimum absolute atomic E-state index is 0.337. The van der Waals surface area contributed by atoms with E-state index >= 15 is 0 Å². The van der Waals surface area contributed by atoms with Gasteiger partial charge in [0.25, 0.3) is 0 Å². The molecule has 0 radical (unpaired) electrons. The normalized spacial score (nSPS) is 12.1. The van der Waals surface area contributed by atoms with Gasteiger partial charge < -0.3 is 5.32 Å². The van der Waals surface area contributed by atoms with Gasteiger partial charge in [0.1, 0.15) is 0 Å². The molecule has 0 saturated carbocycles. The second-order valence-electron chi connectivity index (χ2n) is 4.09. The van der Waals surface area contributed by atoms with E-state index in [1.165, 1.54) is 16.8 Å². The Labute approximate surface area is 97.1 Å². The summed E-state index contributed by atoms with van der Waals surface area (Å²) >= 11 is 0. The van der Waals surface area contributed by atoms with Crippen molar-refractivity contribution in [1.82, 2.24) is 0 Å². The number of nitrogens with one attached hydrogen (secondary N) is 1. The smallest absolute Gasteiger partial charge is 0.0488 e. The Morgan fingerprint density at radius 1 is 0.875 bits per heavy atom. The monoisotopic (exact) mass is 211 g/mol. The zero-order valence-corrected chi connectivity index (χ0v) is 9.77. The van der Waals surface area contributed by atoms with Gasteiger partial charge in [0, 0.05) is 11.7 Å². The largest absolute Gasteiger partial charge is 0.379 e. The van der Waals surface area contributed by atoms with Gasteiger partial charge in [0.15, 0.2) is 0 Å². The predicted octanol–water partition coefficient (Wildman–Crippen LogP) is 4.17. The predicted molar refractivity (Wildman–Crippen MR) is 69.7 cm³/mol. The number of para-hydroxylation sites is 1. The van der Waals surface area contributed by atoms with E-state index in [1.807, 2.05) is 18.2 Å². The van der Waals surface area contributed by atoms with E-state index < -0.39 is 0 Å². The van der Waals surface area contributed by atoms with Crippen molar-refractivity contribution in [2.45, 2.75) is 19.9 Å². The summed E-state index contributed by atoms with van der Waals surface area (Å²) in [5.74, 6) is 0. The van der Waals surface area contributed by atoms with Crippen LogP contribution in [0.2, 0.25) is 0 Å². The van der Waals surface area contributed by atoms with Gasteiger partial charge in [-0.1, -0.05) is 42.5 Å². The molecule has 82 valence electrons. The minimum Gasteiger partial charge on any atom is -0.379 e. The van der Waals surface area contributed by atoms with Crippen LogP contribution in [0.25, 0.3) is 0 Å². The summed E-state index contributed by atoms with van der Waals surface area (Å²) in [4.78, 5) is 0. The molecule has 0 fully saturated rings. The molecule has 2 aromatic rings. The summed E-state index contributed by atoms with van der Waals surface area (Å²) in [5, 5.41) is 3.50. The Bertz CT molecular complexity index is 448. The van der Waals surface area contributed by atoms with Crippen LogP contribution in [0.5, 0.6) is 0 Å². The zero-order valence-electron chi connectivity index (χ0n) is 9.77. The highest BCUT2D eigenvalue weighted by molar-refractivity contribution is 5.45. The van der Waals surface area contributed by atoms with Crippen molar-refractivity contribution in [2.75, 3.05) is 5.32 Å². The molecule has 0 spiro atoms. The number of hydrogen-bond donors (Lipinski definition) is 1. The average molecular weight is 211 g/mol. The van der Waals surface area contributed by atoms with Crippen LogP contribution in [0.4, 0.5) is 5.69 Å². The summed E-state index contributed by atoms with van der Waals surface area (Å²) in [5.41, 5.74) is 3.85. The lowest BCUT2D eigenvalue weighted by Gasteiger charge is -2.17. The lowest BCUT2D eigenvalue weighted by Crippen LogP contribution is -2.07. The van der Waals surface area contributed by atoms with Gasteiger partial charge in [0.05, 0.1) is 0 Å². The average Bonchev–Trinajstić information content (AvgIpc) is 2.31. The number of benzene rings is 2. The van der Waals surface area contributed by atoms with Crippen LogP contribution >= 0.6 is 0 Å². The molecule has 0 aliphatic heterocycles. The summed E-state index contributed by atoms with van der Waals surface area (Å²) in [6.45, 7) is 4.34. The molecule has 0 aliphatic carbocycles. The molecule has 0 aliphatic rings. The minimum atomic E-state index is 0.337. The standard InChI is InChI=1S/C15H17N/c1-12-8-6-7-11-15(12)13(2)16-14-9-4-3-5-10-14/h3-11,13,16H,1-2H3/t13-/m1/s1. The van der Waals surface area contributed by atoms with E-state index in [0.29, 0.717) is 6.04 Å². The van der Waals surface area contributed by atoms with Crippen LogP contribution in [-0.4, -0.2) is 0 Å². The highest BCUT2D eigenvalue weighted by Gasteiger charge is 2.06. The Morgan fingerprint density at radius 3 is 2.19 bits per heavy atom. The first-order valence-electron chi connectivity index (χ1n) is 5.64. The molecule has 0 amide bonds. The summed E-state index contributed by atoms with van der Waals surface area (Å²) in [6, 6.07) is 19.1. The number of aryl methyl sites for hydroxylation is 1. The van der Waals surface area contributed by atoms with Crippen LogP contribution in [0.3, 0.4) is 0 Å². The number of hydrogen-bond acceptors (Lipinski definition) is 1. The van der Waals surface area contributed by atoms with Crippen LogP contribution in [0.15, 0.2) is 54.6 Å². The van der Waals surface area contributed by atoms with Crippen molar-refractivity contribution in [1.29, 1.82) is 0 Å². The molecule has 0 aromatic heterocycles. The van der Waals surface area contributed by atoms with Gasteiger partial charge in [-0.25, -0.2) is 0 Å². The zero-order chi connectivity index (χ0) is 11.4. The second kappa shape index (κ2) is 4.84. The van der Waals surface area contributed by atoms with Gasteiger partial charge >= 0.3 is 0 Å². The molecular weight excluding hydrogens is 194 g/mol. The Morgan fingerprint density at radius 2 is 1.50 bits per heavy atom. The molecule has 0 heterocycles. The topological polar surface area (TPSA) is 12.0 Å². The molecule has 1 atom stereocenters. The van der Waals surface area contributed by atoms with Gasteiger partial charge in [-0.15, -0.1) is 0 Å². The molecule has 2 aromatic carbocycles. The van der Waals surface area contributed by atoms with E-state index in [9.17, 15) is 0 Å². The molecule has 0 saturated heterocycles. The first-order valence-corrected chi connectivity index (χ1v) is 5.64. The Balaban J connectivity index is 2.15. The first-order chi connectivity index (χ1) is 7.77. The quantitative estimate of drug-likeness (QED) is 0.803. The van der Waals surface area contributed by atoms with Crippen LogP contribution < -0.4 is 5.32 Å². The maximum absolute atomic E-state index is 3.50. The third-order valence-corrected chi connectivity index (χ3v) is 2.81. The van der Waals surface area contributed by atoms with E-state index in [1.54, 1.807) is 0 Å². The van der Waals surface area contributed by atoms with Gasteiger partial charge in [-0.3, -0.25) is 0 Å². The van der Waals surface area contributed by atoms with Crippen molar-refractivity contribution >= 4 is 5.69 Å². The molecular formula is C15H17N. The molecule has 1 heteroatoms. The molecule has 0 bridgehead atoms. The summed E-state index contributed by atoms with van der Waals surface area (Å²) in [6.07, 6.45) is 0. The van der Waals surface area contributed by atoms with Crippen molar-refractivity contribution in [3.8, 4) is 0 Å². The second-order valence-corrected chi connectivity index (χ2v) is 4.09. The molecule has 16 heavy (non-hydrogen) atoms. The first kappa shape index (κ1) is 10.7. The van der Waals surface area contributed by atoms with Crippen LogP contribution in [0, 0.1) is 6.92 Å². The van der Waals surface area contributed by atoms with Gasteiger partial charge in [-0.2, -0.15) is 0 Å². The summed E-state index contributed by atoms with van der Waals surface area (Å²) < 4.78 is 0. The van der Waals surface area contributed by atoms with E-state index in [2.05, 4.69) is 55.6 Å². The van der Waals surface area contributed by atoms with Crippen molar-refractivity contribution < 1.29 is 0 Å². The molecule has 2 rings (SSSR count). The third-order valence-electron chi connectivity index (χ3n) is 2.81. The maximum Gasteiger partial charge on any atom is 0.0488 e. The highest BCUT2D eigenvalue weighted by Crippen LogP contribution is 2.21. The van der Waals surface area contributed by atoms with Crippen LogP contribution in [-0.2, 0) is 0 Å². The maximum atomic E-state index is 3.50. The Hall–Kier alpha value is -1.76. The fourth-order valence-electron chi connectivity index (χ4n) is 1.93. The van der Waals surface area contributed by atoms with E-state index in [-0.39, 0.29) is 0 Å². The fourth-order valence-corrected chi connectivity index (χ4v) is 1.93. The van der Waals surface area contributed by atoms with Crippen LogP contribution in [0.1, 0.15) is 24.1 Å². The van der Waals surface area contributed by atoms with Crippen molar-refractivity contribution in [3.05, 3.63) is 65.7 Å². The van der Waals surface area contributed by atoms with Crippen molar-refractivity contribution in [2.24, 2.45) is 0 Å².